The molecule has 1 aliphatic heterocycles. The Bertz CT molecular complexity index is 1840. The molecule has 2 amide bonds. The number of nitrogens with zero attached hydrogens (tertiary/aromatic N) is 4. The Kier molecular flexibility index (Phi) is 13.2. The summed E-state index contributed by atoms with van der Waals surface area (Å²) < 4.78 is 69.9. The van der Waals surface area contributed by atoms with Crippen molar-refractivity contribution >= 4 is 59.4 Å². The first-order chi connectivity index (χ1) is 23.2. The van der Waals surface area contributed by atoms with Crippen molar-refractivity contribution in [1.29, 1.82) is 0 Å². The summed E-state index contributed by atoms with van der Waals surface area (Å²) in [6, 6.07) is 1.66. The number of aliphatic hydroxyl groups is 1. The zero-order chi connectivity index (χ0) is 36.8. The third kappa shape index (κ3) is 9.72. The van der Waals surface area contributed by atoms with E-state index in [-0.39, 0.29) is 60.1 Å². The number of nitrogens with one attached hydrogen (secondary N) is 3. The molecule has 0 bridgehead atoms. The number of aliphatic hydroxyl groups excluding tert-OH is 1. The molecule has 4 N–H and O–H groups in total. The predicted molar refractivity (Wildman–Crippen MR) is 185 cm³/mol. The van der Waals surface area contributed by atoms with Crippen LogP contribution in [0.25, 0.3) is 10.9 Å². The van der Waals surface area contributed by atoms with Crippen molar-refractivity contribution in [2.45, 2.75) is 137 Å². The largest absolute Gasteiger partial charge is 1.00 e. The fourth-order valence-corrected chi connectivity index (χ4v) is 10.9. The number of sulfonamides is 1. The Morgan fingerprint density at radius 1 is 1.02 bits per heavy atom. The first-order valence-electron chi connectivity index (χ1n) is 16.7. The van der Waals surface area contributed by atoms with Crippen LogP contribution in [0.5, 0.6) is 0 Å². The number of aromatic nitrogens is 1. The van der Waals surface area contributed by atoms with Crippen LogP contribution in [0.3, 0.4) is 0 Å². The van der Waals surface area contributed by atoms with Gasteiger partial charge >= 0.3 is 29.6 Å². The summed E-state index contributed by atoms with van der Waals surface area (Å²) in [7, 11) is -8.72. The van der Waals surface area contributed by atoms with E-state index in [0.717, 1.165) is 16.6 Å². The number of azo groups is 1. The minimum atomic E-state index is -4.72. The van der Waals surface area contributed by atoms with Crippen LogP contribution in [0, 0.1) is 11.1 Å². The van der Waals surface area contributed by atoms with Gasteiger partial charge in [-0.15, -0.1) is 5.11 Å². The summed E-state index contributed by atoms with van der Waals surface area (Å²) in [6.07, 6.45) is 1.12. The Hall–Kier alpha value is -1.65. The van der Waals surface area contributed by atoms with Crippen molar-refractivity contribution < 1.29 is 65.6 Å². The van der Waals surface area contributed by atoms with Gasteiger partial charge in [0.25, 0.3) is 0 Å². The molecule has 3 fully saturated rings. The third-order valence-electron chi connectivity index (χ3n) is 9.97. The van der Waals surface area contributed by atoms with E-state index < -0.39 is 84.5 Å². The Balaban J connectivity index is 0.00000583. The van der Waals surface area contributed by atoms with Crippen LogP contribution in [0.1, 0.15) is 86.0 Å². The molecule has 278 valence electrons. The minimum Gasteiger partial charge on any atom is -0.784 e. The molecular weight excluding hydrogens is 734 g/mol. The van der Waals surface area contributed by atoms with Gasteiger partial charge in [0.15, 0.2) is 5.00 Å². The van der Waals surface area contributed by atoms with Crippen molar-refractivity contribution in [3.05, 3.63) is 23.4 Å². The van der Waals surface area contributed by atoms with E-state index in [2.05, 4.69) is 30.0 Å². The van der Waals surface area contributed by atoms with E-state index in [9.17, 15) is 41.3 Å². The van der Waals surface area contributed by atoms with Crippen LogP contribution < -0.4 is 44.9 Å². The molecule has 1 saturated heterocycles. The fourth-order valence-electron chi connectivity index (χ4n) is 7.83. The van der Waals surface area contributed by atoms with Gasteiger partial charge in [-0.25, -0.2) is 21.6 Å². The molecule has 20 heteroatoms. The number of rotatable bonds is 9. The van der Waals surface area contributed by atoms with Gasteiger partial charge in [0, 0.05) is 29.4 Å². The topological polar surface area (TPSA) is 246 Å². The molecule has 2 heterocycles. The number of hydrogen-bond donors (Lipinski definition) is 4. The van der Waals surface area contributed by atoms with Gasteiger partial charge in [0.1, 0.15) is 0 Å². The van der Waals surface area contributed by atoms with Gasteiger partial charge in [0.2, 0.25) is 21.8 Å². The number of amides is 2. The second-order valence-corrected chi connectivity index (χ2v) is 19.0. The molecular formula is C31H45N7NaO9S3-. The van der Waals surface area contributed by atoms with E-state index in [4.69, 9.17) is 0 Å². The second-order valence-electron chi connectivity index (χ2n) is 15.0. The van der Waals surface area contributed by atoms with Crippen LogP contribution >= 0.6 is 11.5 Å². The van der Waals surface area contributed by atoms with Gasteiger partial charge in [-0.05, 0) is 96.0 Å². The molecule has 1 aromatic carbocycles. The number of hydrogen-bond acceptors (Lipinski definition) is 14. The van der Waals surface area contributed by atoms with Crippen LogP contribution in [-0.2, 0) is 29.7 Å². The molecule has 3 aliphatic rings. The number of carbonyl (C=O) groups excluding carboxylic acids is 2. The molecule has 6 unspecified atom stereocenters. The zero-order valence-corrected chi connectivity index (χ0v) is 34.1. The second kappa shape index (κ2) is 16.0. The Morgan fingerprint density at radius 3 is 2.24 bits per heavy atom. The SMILES string of the molecule is CC(=O)NC1CC(N=Nc2snc3ccc(S(=O)(=O)NC4CC(C)(C)N([O-])C(C)(C)C4)cc23)CC(NC(=O)C2CCCCC2S(=O)(=O)[O-])C1O.[Na+]. The fraction of sp³-hybridized carbons (Fsp3) is 0.710. The molecule has 51 heavy (non-hydrogen) atoms. The number of fused-ring (bicyclic) bond motifs is 1. The van der Waals surface area contributed by atoms with Crippen molar-refractivity contribution in [3.63, 3.8) is 0 Å². The molecule has 2 aliphatic carbocycles. The summed E-state index contributed by atoms with van der Waals surface area (Å²) >= 11 is 1.01. The molecule has 2 saturated carbocycles. The standard InChI is InChI=1S/C31H46N7O9S3.Na/c1-17(39)32-24-12-18(13-25(27(24)40)33-28(41)21-8-6-7-9-26(21)50(45,46)47)34-35-29-22-14-20(10-11-23(22)36-48-29)49(43,44)37-19-15-30(2,3)38(42)31(4,5)16-19;/h10-11,14,18-19,21,24-27,37,40H,6-9,12-13,15-16H2,1-5H3,(H,32,39)(H,33,41)(H,45,46,47);/q-1;+1/p-1. The molecule has 16 nitrogen and oxygen atoms in total. The van der Waals surface area contributed by atoms with Crippen LogP contribution in [0.4, 0.5) is 5.00 Å². The van der Waals surface area contributed by atoms with Gasteiger partial charge in [-0.1, -0.05) is 12.8 Å². The van der Waals surface area contributed by atoms with Crippen LogP contribution in [0.15, 0.2) is 33.3 Å². The normalized spacial score (nSPS) is 29.0. The van der Waals surface area contributed by atoms with Crippen molar-refractivity contribution in [2.24, 2.45) is 16.1 Å². The first-order valence-corrected chi connectivity index (χ1v) is 20.4. The maximum Gasteiger partial charge on any atom is 1.00 e. The molecule has 1 aromatic heterocycles. The van der Waals surface area contributed by atoms with E-state index in [0.29, 0.717) is 41.6 Å². The van der Waals surface area contributed by atoms with Crippen LogP contribution in [0.2, 0.25) is 0 Å². The maximum absolute atomic E-state index is 13.5. The molecule has 6 atom stereocenters. The number of benzene rings is 1. The van der Waals surface area contributed by atoms with Gasteiger partial charge in [-0.3, -0.25) is 9.59 Å². The molecule has 5 rings (SSSR count). The number of piperidine rings is 1. The maximum atomic E-state index is 13.5. The summed E-state index contributed by atoms with van der Waals surface area (Å²) in [6.45, 7) is 8.45. The number of hydroxylamine groups is 2. The van der Waals surface area contributed by atoms with Crippen molar-refractivity contribution in [1.82, 2.24) is 24.8 Å². The summed E-state index contributed by atoms with van der Waals surface area (Å²) in [5.41, 5.74) is -1.04. The smallest absolute Gasteiger partial charge is 0.784 e. The Labute approximate surface area is 324 Å². The average Bonchev–Trinajstić information content (AvgIpc) is 3.42. The van der Waals surface area contributed by atoms with Gasteiger partial charge in [0.05, 0.1) is 55.9 Å². The summed E-state index contributed by atoms with van der Waals surface area (Å²) in [4.78, 5) is 25.2. The summed E-state index contributed by atoms with van der Waals surface area (Å²) in [5.74, 6) is -2.12. The van der Waals surface area contributed by atoms with E-state index in [1.165, 1.54) is 19.1 Å². The monoisotopic (exact) mass is 778 g/mol. The minimum absolute atomic E-state index is 0. The molecule has 2 aromatic rings. The van der Waals surface area contributed by atoms with E-state index in [1.807, 2.05) is 0 Å². The first kappa shape index (κ1) is 42.1. The number of carbonyl (C=O) groups is 2. The third-order valence-corrected chi connectivity index (χ3v) is 13.6. The molecule has 0 spiro atoms. The molecule has 0 radical (unpaired) electrons. The van der Waals surface area contributed by atoms with Gasteiger partial charge in [-0.2, -0.15) is 9.49 Å². The average molecular weight is 779 g/mol. The van der Waals surface area contributed by atoms with E-state index in [1.54, 1.807) is 33.8 Å². The van der Waals surface area contributed by atoms with E-state index >= 15 is 0 Å². The Morgan fingerprint density at radius 2 is 1.63 bits per heavy atom. The predicted octanol–water partition coefficient (Wildman–Crippen LogP) is -0.201. The zero-order valence-electron chi connectivity index (χ0n) is 29.7. The summed E-state index contributed by atoms with van der Waals surface area (Å²) in [5, 5.41) is 38.5. The van der Waals surface area contributed by atoms with Gasteiger partial charge < -0.3 is 30.6 Å². The van der Waals surface area contributed by atoms with Crippen LogP contribution in [-0.4, -0.2) is 94.3 Å². The van der Waals surface area contributed by atoms with Crippen molar-refractivity contribution in [2.75, 3.05) is 0 Å². The quantitative estimate of drug-likeness (QED) is 0.148. The van der Waals surface area contributed by atoms with Crippen molar-refractivity contribution in [3.8, 4) is 0 Å².